The summed E-state index contributed by atoms with van der Waals surface area (Å²) in [6.45, 7) is 6.03. The number of hydrogen-bond acceptors (Lipinski definition) is 4. The first-order chi connectivity index (χ1) is 9.70. The van der Waals surface area contributed by atoms with E-state index in [0.29, 0.717) is 18.3 Å². The van der Waals surface area contributed by atoms with Crippen LogP contribution in [-0.4, -0.2) is 30.6 Å². The molecule has 0 saturated carbocycles. The van der Waals surface area contributed by atoms with Gasteiger partial charge in [-0.2, -0.15) is 5.10 Å². The fraction of sp³-hybridized carbons (Fsp3) is 0.429. The lowest BCUT2D eigenvalue weighted by Crippen LogP contribution is -2.32. The van der Waals surface area contributed by atoms with Crippen LogP contribution in [-0.2, 0) is 0 Å². The molecule has 20 heavy (non-hydrogen) atoms. The molecule has 2 N–H and O–H groups in total. The molecule has 0 atom stereocenters. The van der Waals surface area contributed by atoms with E-state index in [1.54, 1.807) is 0 Å². The Morgan fingerprint density at radius 1 is 1.30 bits per heavy atom. The highest BCUT2D eigenvalue weighted by Crippen LogP contribution is 2.30. The highest BCUT2D eigenvalue weighted by molar-refractivity contribution is 7.80. The Labute approximate surface area is 124 Å². The molecule has 0 radical (unpaired) electrons. The summed E-state index contributed by atoms with van der Waals surface area (Å²) in [5.74, 6) is 1.55. The number of nitrogens with zero attached hydrogens (tertiary/aromatic N) is 1. The minimum absolute atomic E-state index is 0.515. The molecular formula is C14H19N3O2S. The molecule has 0 amide bonds. The quantitative estimate of drug-likeness (QED) is 0.507. The van der Waals surface area contributed by atoms with Gasteiger partial charge in [-0.05, 0) is 44.3 Å². The molecule has 0 saturated heterocycles. The molecule has 1 aromatic carbocycles. The lowest BCUT2D eigenvalue weighted by molar-refractivity contribution is 0.297. The van der Waals surface area contributed by atoms with E-state index in [1.807, 2.05) is 32.0 Å². The predicted molar refractivity (Wildman–Crippen MR) is 83.7 cm³/mol. The molecule has 0 aromatic heterocycles. The molecule has 108 valence electrons. The molecule has 1 aliphatic rings. The van der Waals surface area contributed by atoms with Crippen molar-refractivity contribution in [1.82, 2.24) is 10.7 Å². The first kappa shape index (κ1) is 14.6. The molecule has 0 aliphatic carbocycles. The Morgan fingerprint density at radius 3 is 2.80 bits per heavy atom. The second-order valence-corrected chi connectivity index (χ2v) is 4.79. The maximum atomic E-state index is 5.66. The fourth-order valence-electron chi connectivity index (χ4n) is 1.79. The smallest absolute Gasteiger partial charge is 0.186 e. The second kappa shape index (κ2) is 7.09. The molecule has 1 heterocycles. The van der Waals surface area contributed by atoms with Crippen LogP contribution in [0.3, 0.4) is 0 Å². The van der Waals surface area contributed by atoms with Gasteiger partial charge in [-0.1, -0.05) is 0 Å². The second-order valence-electron chi connectivity index (χ2n) is 4.38. The van der Waals surface area contributed by atoms with Gasteiger partial charge in [-0.25, -0.2) is 0 Å². The van der Waals surface area contributed by atoms with E-state index in [4.69, 9.17) is 21.7 Å². The van der Waals surface area contributed by atoms with Gasteiger partial charge in [-0.3, -0.25) is 5.43 Å². The van der Waals surface area contributed by atoms with Gasteiger partial charge in [0.2, 0.25) is 0 Å². The molecule has 1 aromatic rings. The van der Waals surface area contributed by atoms with Crippen LogP contribution < -0.4 is 20.2 Å². The van der Waals surface area contributed by atoms with Crippen molar-refractivity contribution in [2.24, 2.45) is 5.10 Å². The summed E-state index contributed by atoms with van der Waals surface area (Å²) in [5, 5.41) is 7.75. The number of hydrazone groups is 1. The van der Waals surface area contributed by atoms with Gasteiger partial charge in [-0.15, -0.1) is 0 Å². The number of thiocarbonyl (C=S) groups is 1. The predicted octanol–water partition coefficient (Wildman–Crippen LogP) is 2.06. The maximum Gasteiger partial charge on any atom is 0.186 e. The van der Waals surface area contributed by atoms with Crippen LogP contribution in [0.25, 0.3) is 0 Å². The number of nitrogens with one attached hydrogen (secondary N) is 2. The summed E-state index contributed by atoms with van der Waals surface area (Å²) in [5.41, 5.74) is 4.62. The van der Waals surface area contributed by atoms with Gasteiger partial charge in [0.1, 0.15) is 0 Å². The third kappa shape index (κ3) is 3.84. The standard InChI is InChI=1S/C14H19N3O2S/c1-3-15-14(20)17-16-10(2)11-5-6-12-13(9-11)19-8-4-7-18-12/h5-6,9H,3-4,7-8H2,1-2H3,(H2,15,17,20)/b16-10-. The van der Waals surface area contributed by atoms with Crippen LogP contribution in [0.15, 0.2) is 23.3 Å². The summed E-state index contributed by atoms with van der Waals surface area (Å²) in [6.07, 6.45) is 0.898. The van der Waals surface area contributed by atoms with Crippen LogP contribution in [0.1, 0.15) is 25.8 Å². The van der Waals surface area contributed by atoms with Gasteiger partial charge in [0.15, 0.2) is 16.6 Å². The third-order valence-electron chi connectivity index (χ3n) is 2.83. The van der Waals surface area contributed by atoms with Crippen molar-refractivity contribution >= 4 is 23.0 Å². The minimum Gasteiger partial charge on any atom is -0.490 e. The molecule has 0 spiro atoms. The van der Waals surface area contributed by atoms with Gasteiger partial charge < -0.3 is 14.8 Å². The Hall–Kier alpha value is -1.82. The summed E-state index contributed by atoms with van der Waals surface area (Å²) in [6, 6.07) is 5.82. The summed E-state index contributed by atoms with van der Waals surface area (Å²) >= 11 is 5.06. The largest absolute Gasteiger partial charge is 0.490 e. The molecule has 0 bridgehead atoms. The molecule has 0 fully saturated rings. The summed E-state index contributed by atoms with van der Waals surface area (Å²) in [7, 11) is 0. The zero-order valence-corrected chi connectivity index (χ0v) is 12.5. The van der Waals surface area contributed by atoms with Crippen molar-refractivity contribution in [3.63, 3.8) is 0 Å². The van der Waals surface area contributed by atoms with Crippen molar-refractivity contribution in [2.45, 2.75) is 20.3 Å². The number of rotatable bonds is 3. The molecule has 1 aliphatic heterocycles. The highest BCUT2D eigenvalue weighted by Gasteiger charge is 2.11. The zero-order valence-electron chi connectivity index (χ0n) is 11.7. The molecule has 6 heteroatoms. The van der Waals surface area contributed by atoms with E-state index in [0.717, 1.165) is 35.7 Å². The van der Waals surface area contributed by atoms with Crippen molar-refractivity contribution in [1.29, 1.82) is 0 Å². The normalized spacial score (nSPS) is 14.4. The summed E-state index contributed by atoms with van der Waals surface area (Å²) < 4.78 is 11.3. The molecule has 5 nitrogen and oxygen atoms in total. The van der Waals surface area contributed by atoms with Gasteiger partial charge in [0, 0.05) is 18.5 Å². The summed E-state index contributed by atoms with van der Waals surface area (Å²) in [4.78, 5) is 0. The van der Waals surface area contributed by atoms with Crippen LogP contribution in [0, 0.1) is 0 Å². The van der Waals surface area contributed by atoms with Crippen molar-refractivity contribution in [3.8, 4) is 11.5 Å². The minimum atomic E-state index is 0.515. The fourth-order valence-corrected chi connectivity index (χ4v) is 1.98. The van der Waals surface area contributed by atoms with Crippen molar-refractivity contribution in [3.05, 3.63) is 23.8 Å². The van der Waals surface area contributed by atoms with Gasteiger partial charge >= 0.3 is 0 Å². The third-order valence-corrected chi connectivity index (χ3v) is 3.06. The average molecular weight is 293 g/mol. The first-order valence-corrected chi connectivity index (χ1v) is 7.09. The Balaban J connectivity index is 2.10. The Bertz CT molecular complexity index is 517. The van der Waals surface area contributed by atoms with Crippen LogP contribution in [0.2, 0.25) is 0 Å². The Morgan fingerprint density at radius 2 is 2.05 bits per heavy atom. The van der Waals surface area contributed by atoms with Crippen molar-refractivity contribution < 1.29 is 9.47 Å². The van der Waals surface area contributed by atoms with Crippen LogP contribution in [0.4, 0.5) is 0 Å². The molecular weight excluding hydrogens is 274 g/mol. The van der Waals surface area contributed by atoms with E-state index in [1.165, 1.54) is 0 Å². The number of fused-ring (bicyclic) bond motifs is 1. The van der Waals surface area contributed by atoms with E-state index < -0.39 is 0 Å². The number of hydrogen-bond donors (Lipinski definition) is 2. The monoisotopic (exact) mass is 293 g/mol. The lowest BCUT2D eigenvalue weighted by atomic mass is 10.1. The molecule has 0 unspecified atom stereocenters. The average Bonchev–Trinajstić information content (AvgIpc) is 2.69. The number of ether oxygens (including phenoxy) is 2. The first-order valence-electron chi connectivity index (χ1n) is 6.69. The van der Waals surface area contributed by atoms with E-state index in [2.05, 4.69) is 15.8 Å². The highest BCUT2D eigenvalue weighted by atomic mass is 32.1. The van der Waals surface area contributed by atoms with E-state index >= 15 is 0 Å². The van der Waals surface area contributed by atoms with Crippen molar-refractivity contribution in [2.75, 3.05) is 19.8 Å². The van der Waals surface area contributed by atoms with E-state index in [9.17, 15) is 0 Å². The Kier molecular flexibility index (Phi) is 5.17. The number of benzene rings is 1. The van der Waals surface area contributed by atoms with Crippen LogP contribution in [0.5, 0.6) is 11.5 Å². The van der Waals surface area contributed by atoms with E-state index in [-0.39, 0.29) is 0 Å². The van der Waals surface area contributed by atoms with Gasteiger partial charge in [0.25, 0.3) is 0 Å². The molecule has 2 rings (SSSR count). The zero-order chi connectivity index (χ0) is 14.4. The SMILES string of the molecule is CCNC(=S)N/N=C(/C)c1ccc2c(c1)OCCCO2. The van der Waals surface area contributed by atoms with Crippen LogP contribution >= 0.6 is 12.2 Å². The topological polar surface area (TPSA) is 54.9 Å². The maximum absolute atomic E-state index is 5.66. The van der Waals surface area contributed by atoms with Gasteiger partial charge in [0.05, 0.1) is 18.9 Å². The lowest BCUT2D eigenvalue weighted by Gasteiger charge is -2.10.